The molecule has 5 heteroatoms. The molecule has 0 atom stereocenters. The van der Waals surface area contributed by atoms with E-state index in [0.717, 1.165) is 23.0 Å². The summed E-state index contributed by atoms with van der Waals surface area (Å²) in [6, 6.07) is 6.12. The molecule has 0 saturated heterocycles. The van der Waals surface area contributed by atoms with Gasteiger partial charge in [0.15, 0.2) is 5.16 Å². The molecular formula is C13H13N2O2S-. The van der Waals surface area contributed by atoms with Crippen LogP contribution in [0.3, 0.4) is 0 Å². The van der Waals surface area contributed by atoms with Crippen LogP contribution >= 0.6 is 11.8 Å². The number of rotatable bonds is 4. The third-order valence-electron chi connectivity index (χ3n) is 2.54. The molecule has 0 saturated carbocycles. The molecule has 4 nitrogen and oxygen atoms in total. The molecule has 0 radical (unpaired) electrons. The Balaban J connectivity index is 2.33. The highest BCUT2D eigenvalue weighted by atomic mass is 32.2. The average Bonchev–Trinajstić information content (AvgIpc) is 2.74. The zero-order valence-corrected chi connectivity index (χ0v) is 11.0. The first-order valence-electron chi connectivity index (χ1n) is 5.51. The number of aryl methyl sites for hydroxylation is 2. The number of thioether (sulfide) groups is 1. The van der Waals surface area contributed by atoms with Crippen molar-refractivity contribution >= 4 is 17.7 Å². The van der Waals surface area contributed by atoms with E-state index < -0.39 is 5.97 Å². The van der Waals surface area contributed by atoms with Gasteiger partial charge in [0.1, 0.15) is 0 Å². The van der Waals surface area contributed by atoms with Crippen molar-refractivity contribution in [2.45, 2.75) is 19.0 Å². The molecule has 2 rings (SSSR count). The zero-order chi connectivity index (χ0) is 13.1. The van der Waals surface area contributed by atoms with Crippen LogP contribution < -0.4 is 5.11 Å². The number of carboxylic acids is 1. The number of hydrogen-bond acceptors (Lipinski definition) is 4. The third-order valence-corrected chi connectivity index (χ3v) is 3.48. The summed E-state index contributed by atoms with van der Waals surface area (Å²) >= 11 is 1.16. The monoisotopic (exact) mass is 261 g/mol. The first kappa shape index (κ1) is 12.7. The Hall–Kier alpha value is -1.75. The Kier molecular flexibility index (Phi) is 3.72. The number of nitrogens with zero attached hydrogens (tertiary/aromatic N) is 2. The molecule has 0 N–H and O–H groups in total. The van der Waals surface area contributed by atoms with Gasteiger partial charge in [0, 0.05) is 18.1 Å². The summed E-state index contributed by atoms with van der Waals surface area (Å²) in [5, 5.41) is 11.1. The van der Waals surface area contributed by atoms with E-state index in [2.05, 4.69) is 11.1 Å². The van der Waals surface area contributed by atoms with Crippen molar-refractivity contribution in [2.75, 3.05) is 5.75 Å². The van der Waals surface area contributed by atoms with Crippen LogP contribution in [0.5, 0.6) is 0 Å². The fraction of sp³-hybridized carbons (Fsp3) is 0.231. The van der Waals surface area contributed by atoms with E-state index in [1.807, 2.05) is 36.7 Å². The highest BCUT2D eigenvalue weighted by Gasteiger charge is 2.08. The summed E-state index contributed by atoms with van der Waals surface area (Å²) in [4.78, 5) is 14.6. The second-order valence-corrected chi connectivity index (χ2v) is 4.97. The molecule has 2 aromatic rings. The highest BCUT2D eigenvalue weighted by Crippen LogP contribution is 2.22. The molecule has 0 aliphatic carbocycles. The predicted molar refractivity (Wildman–Crippen MR) is 68.8 cm³/mol. The Labute approximate surface area is 110 Å². The first-order valence-corrected chi connectivity index (χ1v) is 6.50. The lowest BCUT2D eigenvalue weighted by molar-refractivity contribution is -0.301. The van der Waals surface area contributed by atoms with Crippen molar-refractivity contribution in [1.82, 2.24) is 9.55 Å². The number of imidazole rings is 1. The molecule has 0 spiro atoms. The minimum atomic E-state index is -1.09. The molecule has 1 aromatic heterocycles. The summed E-state index contributed by atoms with van der Waals surface area (Å²) in [5.74, 6) is -1.18. The topological polar surface area (TPSA) is 58.0 Å². The largest absolute Gasteiger partial charge is 0.549 e. The van der Waals surface area contributed by atoms with Crippen molar-refractivity contribution in [3.05, 3.63) is 41.7 Å². The molecule has 0 fully saturated rings. The van der Waals surface area contributed by atoms with Crippen molar-refractivity contribution in [3.63, 3.8) is 0 Å². The number of carboxylic acid groups (broad SMARTS) is 1. The number of carbonyl (C=O) groups excluding carboxylic acids is 1. The standard InChI is InChI=1S/C13H14N2O2S/c1-9-3-4-11(10(2)7-9)15-6-5-14-13(15)18-8-12(16)17/h3-7H,8H2,1-2H3,(H,16,17)/p-1. The molecule has 1 heterocycles. The van der Waals surface area contributed by atoms with Gasteiger partial charge in [-0.1, -0.05) is 29.5 Å². The van der Waals surface area contributed by atoms with Crippen LogP contribution in [0, 0.1) is 13.8 Å². The molecule has 18 heavy (non-hydrogen) atoms. The van der Waals surface area contributed by atoms with Crippen LogP contribution in [0.25, 0.3) is 5.69 Å². The van der Waals surface area contributed by atoms with Crippen LogP contribution in [-0.2, 0) is 4.79 Å². The Morgan fingerprint density at radius 3 is 2.89 bits per heavy atom. The maximum atomic E-state index is 10.5. The van der Waals surface area contributed by atoms with Gasteiger partial charge in [-0.25, -0.2) is 4.98 Å². The summed E-state index contributed by atoms with van der Waals surface area (Å²) in [6.45, 7) is 4.06. The van der Waals surface area contributed by atoms with Gasteiger partial charge in [-0.15, -0.1) is 0 Å². The van der Waals surface area contributed by atoms with Crippen LogP contribution in [-0.4, -0.2) is 21.3 Å². The minimum absolute atomic E-state index is 0.0953. The fourth-order valence-corrected chi connectivity index (χ4v) is 2.46. The average molecular weight is 261 g/mol. The highest BCUT2D eigenvalue weighted by molar-refractivity contribution is 7.99. The molecule has 94 valence electrons. The minimum Gasteiger partial charge on any atom is -0.549 e. The SMILES string of the molecule is Cc1ccc(-n2ccnc2SCC(=O)[O-])c(C)c1. The molecular weight excluding hydrogens is 248 g/mol. The second-order valence-electron chi connectivity index (χ2n) is 4.03. The van der Waals surface area contributed by atoms with E-state index in [9.17, 15) is 9.90 Å². The maximum absolute atomic E-state index is 10.5. The van der Waals surface area contributed by atoms with Crippen LogP contribution in [0.1, 0.15) is 11.1 Å². The van der Waals surface area contributed by atoms with E-state index in [4.69, 9.17) is 0 Å². The first-order chi connectivity index (χ1) is 8.58. The molecule has 0 amide bonds. The lowest BCUT2D eigenvalue weighted by Gasteiger charge is -2.11. The number of carbonyl (C=O) groups is 1. The van der Waals surface area contributed by atoms with Crippen molar-refractivity contribution in [1.29, 1.82) is 0 Å². The van der Waals surface area contributed by atoms with E-state index >= 15 is 0 Å². The van der Waals surface area contributed by atoms with Gasteiger partial charge in [-0.2, -0.15) is 0 Å². The summed E-state index contributed by atoms with van der Waals surface area (Å²) in [6.07, 6.45) is 3.49. The maximum Gasteiger partial charge on any atom is 0.172 e. The molecule has 0 bridgehead atoms. The Morgan fingerprint density at radius 1 is 1.44 bits per heavy atom. The Morgan fingerprint density at radius 2 is 2.22 bits per heavy atom. The van der Waals surface area contributed by atoms with Crippen LogP contribution in [0.15, 0.2) is 35.7 Å². The third kappa shape index (κ3) is 2.73. The van der Waals surface area contributed by atoms with Crippen LogP contribution in [0.2, 0.25) is 0 Å². The quantitative estimate of drug-likeness (QED) is 0.779. The van der Waals surface area contributed by atoms with Gasteiger partial charge in [0.2, 0.25) is 0 Å². The van der Waals surface area contributed by atoms with Gasteiger partial charge in [-0.05, 0) is 25.5 Å². The normalized spacial score (nSPS) is 10.6. The number of aromatic nitrogens is 2. The zero-order valence-electron chi connectivity index (χ0n) is 10.2. The van der Waals surface area contributed by atoms with Gasteiger partial charge in [0.25, 0.3) is 0 Å². The molecule has 0 aliphatic heterocycles. The van der Waals surface area contributed by atoms with E-state index in [0.29, 0.717) is 5.16 Å². The lowest BCUT2D eigenvalue weighted by atomic mass is 10.1. The van der Waals surface area contributed by atoms with Gasteiger partial charge in [0.05, 0.1) is 11.7 Å². The second kappa shape index (κ2) is 5.27. The number of aliphatic carboxylic acids is 1. The van der Waals surface area contributed by atoms with Crippen molar-refractivity contribution < 1.29 is 9.90 Å². The summed E-state index contributed by atoms with van der Waals surface area (Å²) < 4.78 is 1.89. The molecule has 1 aromatic carbocycles. The summed E-state index contributed by atoms with van der Waals surface area (Å²) in [5.41, 5.74) is 3.34. The van der Waals surface area contributed by atoms with Crippen LogP contribution in [0.4, 0.5) is 0 Å². The fourth-order valence-electron chi connectivity index (χ4n) is 1.78. The smallest absolute Gasteiger partial charge is 0.172 e. The van der Waals surface area contributed by atoms with Gasteiger partial charge < -0.3 is 9.90 Å². The molecule has 0 unspecified atom stereocenters. The van der Waals surface area contributed by atoms with Crippen molar-refractivity contribution in [2.24, 2.45) is 0 Å². The predicted octanol–water partition coefficient (Wildman–Crippen LogP) is 1.33. The Bertz CT molecular complexity index is 578. The summed E-state index contributed by atoms with van der Waals surface area (Å²) in [7, 11) is 0. The molecule has 0 aliphatic rings. The van der Waals surface area contributed by atoms with Gasteiger partial charge in [-0.3, -0.25) is 4.57 Å². The lowest BCUT2D eigenvalue weighted by Crippen LogP contribution is -2.24. The number of benzene rings is 1. The van der Waals surface area contributed by atoms with Crippen molar-refractivity contribution in [3.8, 4) is 5.69 Å². The van der Waals surface area contributed by atoms with E-state index in [1.54, 1.807) is 6.20 Å². The van der Waals surface area contributed by atoms with E-state index in [1.165, 1.54) is 5.56 Å². The van der Waals surface area contributed by atoms with Gasteiger partial charge >= 0.3 is 0 Å². The van der Waals surface area contributed by atoms with E-state index in [-0.39, 0.29) is 5.75 Å². The number of hydrogen-bond donors (Lipinski definition) is 0.